The van der Waals surface area contributed by atoms with Gasteiger partial charge in [-0.15, -0.1) is 0 Å². The van der Waals surface area contributed by atoms with Crippen LogP contribution in [0.2, 0.25) is 0 Å². The summed E-state index contributed by atoms with van der Waals surface area (Å²) in [6.45, 7) is 0. The third kappa shape index (κ3) is 2.08. The van der Waals surface area contributed by atoms with Crippen molar-refractivity contribution < 1.29 is 0 Å². The molecule has 140 valence electrons. The van der Waals surface area contributed by atoms with Crippen LogP contribution in [0.15, 0.2) is 103 Å². The third-order valence-corrected chi connectivity index (χ3v) is 6.27. The lowest BCUT2D eigenvalue weighted by Gasteiger charge is -2.08. The minimum Gasteiger partial charge on any atom is -0.354 e. The SMILES string of the molecule is c1ccc(-n2c3ccccc3c3cc4cc5[nH]c6ccccc6c5cc4cc32)cc1. The molecule has 0 saturated heterocycles. The fourth-order valence-electron chi connectivity index (χ4n) is 4.92. The largest absolute Gasteiger partial charge is 0.354 e. The first-order valence-corrected chi connectivity index (χ1v) is 10.3. The van der Waals surface area contributed by atoms with Crippen molar-refractivity contribution in [3.63, 3.8) is 0 Å². The van der Waals surface area contributed by atoms with Gasteiger partial charge < -0.3 is 9.55 Å². The van der Waals surface area contributed by atoms with E-state index < -0.39 is 0 Å². The molecule has 0 aliphatic carbocycles. The van der Waals surface area contributed by atoms with Gasteiger partial charge in [0.2, 0.25) is 0 Å². The van der Waals surface area contributed by atoms with Crippen LogP contribution in [0.5, 0.6) is 0 Å². The van der Waals surface area contributed by atoms with Crippen LogP contribution < -0.4 is 0 Å². The molecule has 0 amide bonds. The molecule has 0 unspecified atom stereocenters. The lowest BCUT2D eigenvalue weighted by Crippen LogP contribution is -1.92. The summed E-state index contributed by atoms with van der Waals surface area (Å²) < 4.78 is 2.38. The molecule has 0 spiro atoms. The van der Waals surface area contributed by atoms with E-state index in [1.54, 1.807) is 0 Å². The summed E-state index contributed by atoms with van der Waals surface area (Å²) >= 11 is 0. The standard InChI is InChI=1S/C28H18N2/c1-2-8-20(9-3-1)30-27-13-7-5-11-22(27)24-15-18-16-26-23(14-19(18)17-28(24)30)21-10-4-6-12-25(21)29-26/h1-17,29H. The van der Waals surface area contributed by atoms with Crippen molar-refractivity contribution in [2.24, 2.45) is 0 Å². The second-order valence-corrected chi connectivity index (χ2v) is 7.97. The predicted octanol–water partition coefficient (Wildman–Crippen LogP) is 7.57. The highest BCUT2D eigenvalue weighted by atomic mass is 15.0. The van der Waals surface area contributed by atoms with E-state index in [1.165, 1.54) is 60.1 Å². The minimum absolute atomic E-state index is 1.19. The molecule has 2 heterocycles. The number of hydrogen-bond acceptors (Lipinski definition) is 0. The molecule has 2 aromatic heterocycles. The number of fused-ring (bicyclic) bond motifs is 7. The van der Waals surface area contributed by atoms with Gasteiger partial charge in [0.15, 0.2) is 0 Å². The average Bonchev–Trinajstić information content (AvgIpc) is 3.31. The van der Waals surface area contributed by atoms with E-state index in [9.17, 15) is 0 Å². The zero-order valence-electron chi connectivity index (χ0n) is 16.3. The molecular weight excluding hydrogens is 364 g/mol. The van der Waals surface area contributed by atoms with Gasteiger partial charge in [-0.3, -0.25) is 0 Å². The minimum atomic E-state index is 1.19. The maximum absolute atomic E-state index is 3.58. The molecule has 1 N–H and O–H groups in total. The summed E-state index contributed by atoms with van der Waals surface area (Å²) in [5, 5.41) is 7.66. The van der Waals surface area contributed by atoms with Crippen LogP contribution >= 0.6 is 0 Å². The fraction of sp³-hybridized carbons (Fsp3) is 0. The maximum Gasteiger partial charge on any atom is 0.0547 e. The molecule has 0 aliphatic rings. The Bertz CT molecular complexity index is 1730. The third-order valence-electron chi connectivity index (χ3n) is 6.27. The van der Waals surface area contributed by atoms with Crippen molar-refractivity contribution in [3.05, 3.63) is 103 Å². The number of hydrogen-bond donors (Lipinski definition) is 1. The van der Waals surface area contributed by atoms with Crippen LogP contribution in [0.25, 0.3) is 60.1 Å². The highest BCUT2D eigenvalue weighted by Gasteiger charge is 2.14. The van der Waals surface area contributed by atoms with Gasteiger partial charge >= 0.3 is 0 Å². The van der Waals surface area contributed by atoms with E-state index in [0.717, 1.165) is 0 Å². The van der Waals surface area contributed by atoms with Gasteiger partial charge in [-0.05, 0) is 59.3 Å². The Kier molecular flexibility index (Phi) is 3.03. The van der Waals surface area contributed by atoms with Crippen molar-refractivity contribution in [2.45, 2.75) is 0 Å². The Labute approximate surface area is 173 Å². The molecule has 2 nitrogen and oxygen atoms in total. The van der Waals surface area contributed by atoms with Gasteiger partial charge in [-0.1, -0.05) is 54.6 Å². The Morgan fingerprint density at radius 2 is 1.17 bits per heavy atom. The van der Waals surface area contributed by atoms with Crippen molar-refractivity contribution in [1.29, 1.82) is 0 Å². The van der Waals surface area contributed by atoms with Gasteiger partial charge in [0.05, 0.1) is 11.0 Å². The summed E-state index contributed by atoms with van der Waals surface area (Å²) in [6, 6.07) is 37.2. The number of aromatic nitrogens is 2. The Hall–Kier alpha value is -4.04. The van der Waals surface area contributed by atoms with Crippen LogP contribution in [0.4, 0.5) is 0 Å². The first kappa shape index (κ1) is 15.8. The second kappa shape index (κ2) is 5.74. The number of rotatable bonds is 1. The summed E-state index contributed by atoms with van der Waals surface area (Å²) in [5.74, 6) is 0. The summed E-state index contributed by atoms with van der Waals surface area (Å²) in [7, 11) is 0. The topological polar surface area (TPSA) is 20.7 Å². The first-order chi connectivity index (χ1) is 14.9. The number of benzene rings is 5. The molecule has 0 saturated carbocycles. The smallest absolute Gasteiger partial charge is 0.0547 e. The molecule has 0 aliphatic heterocycles. The van der Waals surface area contributed by atoms with Crippen LogP contribution in [-0.2, 0) is 0 Å². The molecule has 7 rings (SSSR count). The molecule has 0 fully saturated rings. The van der Waals surface area contributed by atoms with E-state index in [1.807, 2.05) is 0 Å². The zero-order valence-corrected chi connectivity index (χ0v) is 16.3. The van der Waals surface area contributed by atoms with Crippen molar-refractivity contribution in [3.8, 4) is 5.69 Å². The number of para-hydroxylation sites is 3. The molecule has 0 bridgehead atoms. The summed E-state index contributed by atoms with van der Waals surface area (Å²) in [4.78, 5) is 3.58. The van der Waals surface area contributed by atoms with Crippen LogP contribution in [-0.4, -0.2) is 9.55 Å². The zero-order chi connectivity index (χ0) is 19.7. The molecule has 0 atom stereocenters. The molecule has 30 heavy (non-hydrogen) atoms. The number of H-pyrrole nitrogens is 1. The van der Waals surface area contributed by atoms with Gasteiger partial charge in [-0.25, -0.2) is 0 Å². The van der Waals surface area contributed by atoms with Crippen molar-refractivity contribution >= 4 is 54.4 Å². The van der Waals surface area contributed by atoms with Crippen LogP contribution in [0, 0.1) is 0 Å². The van der Waals surface area contributed by atoms with Gasteiger partial charge in [0.1, 0.15) is 0 Å². The Morgan fingerprint density at radius 3 is 2.07 bits per heavy atom. The van der Waals surface area contributed by atoms with E-state index in [0.29, 0.717) is 0 Å². The number of aromatic amines is 1. The highest BCUT2D eigenvalue weighted by molar-refractivity contribution is 6.17. The fourth-order valence-corrected chi connectivity index (χ4v) is 4.92. The number of nitrogens with zero attached hydrogens (tertiary/aromatic N) is 1. The molecule has 5 aromatic carbocycles. The van der Waals surface area contributed by atoms with Gasteiger partial charge in [-0.2, -0.15) is 0 Å². The summed E-state index contributed by atoms with van der Waals surface area (Å²) in [5.41, 5.74) is 6.05. The Balaban J connectivity index is 1.66. The average molecular weight is 382 g/mol. The Morgan fingerprint density at radius 1 is 0.467 bits per heavy atom. The second-order valence-electron chi connectivity index (χ2n) is 7.97. The van der Waals surface area contributed by atoms with Gasteiger partial charge in [0.25, 0.3) is 0 Å². The van der Waals surface area contributed by atoms with E-state index >= 15 is 0 Å². The molecule has 0 radical (unpaired) electrons. The molecular formula is C28H18N2. The van der Waals surface area contributed by atoms with Crippen molar-refractivity contribution in [2.75, 3.05) is 0 Å². The predicted molar refractivity (Wildman–Crippen MR) is 128 cm³/mol. The van der Waals surface area contributed by atoms with Crippen LogP contribution in [0.3, 0.4) is 0 Å². The van der Waals surface area contributed by atoms with Crippen LogP contribution in [0.1, 0.15) is 0 Å². The molecule has 7 aromatic rings. The quantitative estimate of drug-likeness (QED) is 0.302. The highest BCUT2D eigenvalue weighted by Crippen LogP contribution is 2.37. The maximum atomic E-state index is 3.58. The van der Waals surface area contributed by atoms with E-state index in [4.69, 9.17) is 0 Å². The normalized spacial score (nSPS) is 12.0. The molecule has 2 heteroatoms. The van der Waals surface area contributed by atoms with Crippen molar-refractivity contribution in [1.82, 2.24) is 9.55 Å². The first-order valence-electron chi connectivity index (χ1n) is 10.3. The number of nitrogens with one attached hydrogen (secondary N) is 1. The summed E-state index contributed by atoms with van der Waals surface area (Å²) in [6.07, 6.45) is 0. The van der Waals surface area contributed by atoms with E-state index in [2.05, 4.69) is 113 Å². The lowest BCUT2D eigenvalue weighted by atomic mass is 10.0. The monoisotopic (exact) mass is 382 g/mol. The van der Waals surface area contributed by atoms with E-state index in [-0.39, 0.29) is 0 Å². The lowest BCUT2D eigenvalue weighted by molar-refractivity contribution is 1.18. The van der Waals surface area contributed by atoms with Gasteiger partial charge in [0, 0.05) is 38.3 Å².